The third kappa shape index (κ3) is 2.80. The quantitative estimate of drug-likeness (QED) is 0.816. The van der Waals surface area contributed by atoms with E-state index in [0.29, 0.717) is 15.8 Å². The summed E-state index contributed by atoms with van der Waals surface area (Å²) in [7, 11) is 0. The van der Waals surface area contributed by atoms with Gasteiger partial charge in [-0.3, -0.25) is 0 Å². The van der Waals surface area contributed by atoms with Gasteiger partial charge in [0.1, 0.15) is 17.9 Å². The Hall–Kier alpha value is -2.20. The van der Waals surface area contributed by atoms with E-state index < -0.39 is 0 Å². The van der Waals surface area contributed by atoms with Crippen molar-refractivity contribution < 1.29 is 4.74 Å². The van der Waals surface area contributed by atoms with Gasteiger partial charge in [0.15, 0.2) is 5.75 Å². The zero-order valence-corrected chi connectivity index (χ0v) is 11.0. The number of nitrogens with zero attached hydrogens (tertiary/aromatic N) is 2. The third-order valence-corrected chi connectivity index (χ3v) is 2.91. The zero-order chi connectivity index (χ0) is 13.8. The van der Waals surface area contributed by atoms with E-state index in [4.69, 9.17) is 38.5 Å². The Kier molecular flexibility index (Phi) is 3.92. The fourth-order valence-electron chi connectivity index (χ4n) is 1.49. The van der Waals surface area contributed by atoms with Crippen molar-refractivity contribution in [3.05, 3.63) is 57.6 Å². The van der Waals surface area contributed by atoms with E-state index in [2.05, 4.69) is 0 Å². The van der Waals surface area contributed by atoms with Gasteiger partial charge in [-0.2, -0.15) is 10.5 Å². The van der Waals surface area contributed by atoms with Crippen LogP contribution in [-0.2, 0) is 0 Å². The summed E-state index contributed by atoms with van der Waals surface area (Å²) in [6.07, 6.45) is 0. The highest BCUT2D eigenvalue weighted by atomic mass is 35.5. The van der Waals surface area contributed by atoms with Crippen LogP contribution in [0.15, 0.2) is 36.4 Å². The lowest BCUT2D eigenvalue weighted by Gasteiger charge is -2.10. The van der Waals surface area contributed by atoms with Gasteiger partial charge >= 0.3 is 0 Å². The molecular weight excluding hydrogens is 283 g/mol. The van der Waals surface area contributed by atoms with Gasteiger partial charge in [0.25, 0.3) is 0 Å². The molecule has 0 saturated carbocycles. The van der Waals surface area contributed by atoms with E-state index in [1.807, 2.05) is 12.1 Å². The second-order valence-corrected chi connectivity index (χ2v) is 4.43. The first-order valence-corrected chi connectivity index (χ1v) is 5.97. The van der Waals surface area contributed by atoms with Crippen LogP contribution in [0.4, 0.5) is 0 Å². The van der Waals surface area contributed by atoms with E-state index in [1.54, 1.807) is 30.3 Å². The van der Waals surface area contributed by atoms with E-state index in [9.17, 15) is 0 Å². The van der Waals surface area contributed by atoms with Crippen LogP contribution in [0.3, 0.4) is 0 Å². The van der Waals surface area contributed by atoms with Crippen LogP contribution >= 0.6 is 23.2 Å². The number of benzene rings is 2. The molecule has 0 spiro atoms. The summed E-state index contributed by atoms with van der Waals surface area (Å²) in [6, 6.07) is 13.4. The van der Waals surface area contributed by atoms with Crippen molar-refractivity contribution in [3.8, 4) is 23.6 Å². The SMILES string of the molecule is N#Cc1cccc(C#N)c1Oc1cc(Cl)ccc1Cl. The van der Waals surface area contributed by atoms with E-state index in [-0.39, 0.29) is 16.9 Å². The number of rotatable bonds is 2. The summed E-state index contributed by atoms with van der Waals surface area (Å²) in [5, 5.41) is 18.9. The van der Waals surface area contributed by atoms with Crippen molar-refractivity contribution in [1.82, 2.24) is 0 Å². The monoisotopic (exact) mass is 288 g/mol. The van der Waals surface area contributed by atoms with E-state index >= 15 is 0 Å². The second kappa shape index (κ2) is 5.63. The molecule has 2 aromatic rings. The number of hydrogen-bond donors (Lipinski definition) is 0. The zero-order valence-electron chi connectivity index (χ0n) is 9.52. The summed E-state index contributed by atoms with van der Waals surface area (Å²) >= 11 is 11.8. The van der Waals surface area contributed by atoms with Gasteiger partial charge in [0.05, 0.1) is 16.1 Å². The average Bonchev–Trinajstić information content (AvgIpc) is 2.43. The summed E-state index contributed by atoms with van der Waals surface area (Å²) in [5.41, 5.74) is 0.519. The molecule has 19 heavy (non-hydrogen) atoms. The Morgan fingerprint density at radius 3 is 2.16 bits per heavy atom. The fraction of sp³-hybridized carbons (Fsp3) is 0. The maximum Gasteiger partial charge on any atom is 0.162 e. The minimum atomic E-state index is 0.177. The Bertz CT molecular complexity index is 682. The lowest BCUT2D eigenvalue weighted by atomic mass is 10.1. The molecule has 0 aliphatic heterocycles. The first kappa shape index (κ1) is 13.2. The highest BCUT2D eigenvalue weighted by Crippen LogP contribution is 2.34. The normalized spacial score (nSPS) is 9.47. The van der Waals surface area contributed by atoms with Crippen LogP contribution in [0.5, 0.6) is 11.5 Å². The number of para-hydroxylation sites is 1. The molecule has 2 aromatic carbocycles. The smallest absolute Gasteiger partial charge is 0.162 e. The molecule has 92 valence electrons. The van der Waals surface area contributed by atoms with Gasteiger partial charge in [-0.05, 0) is 24.3 Å². The maximum atomic E-state index is 9.04. The van der Waals surface area contributed by atoms with E-state index in [0.717, 1.165) is 0 Å². The number of halogens is 2. The minimum absolute atomic E-state index is 0.177. The van der Waals surface area contributed by atoms with E-state index in [1.165, 1.54) is 6.07 Å². The predicted octanol–water partition coefficient (Wildman–Crippen LogP) is 4.53. The molecule has 3 nitrogen and oxygen atoms in total. The van der Waals surface area contributed by atoms with Crippen molar-refractivity contribution in [1.29, 1.82) is 10.5 Å². The van der Waals surface area contributed by atoms with Crippen LogP contribution in [0.1, 0.15) is 11.1 Å². The molecule has 2 rings (SSSR count). The molecule has 0 aliphatic carbocycles. The highest BCUT2D eigenvalue weighted by molar-refractivity contribution is 6.34. The Balaban J connectivity index is 2.52. The van der Waals surface area contributed by atoms with Crippen LogP contribution in [-0.4, -0.2) is 0 Å². The van der Waals surface area contributed by atoms with Crippen molar-refractivity contribution in [2.24, 2.45) is 0 Å². The molecule has 0 heterocycles. The van der Waals surface area contributed by atoms with Crippen molar-refractivity contribution >= 4 is 23.2 Å². The van der Waals surface area contributed by atoms with Gasteiger partial charge in [-0.25, -0.2) is 0 Å². The molecule has 0 radical (unpaired) electrons. The molecule has 0 aromatic heterocycles. The molecule has 0 saturated heterocycles. The van der Waals surface area contributed by atoms with Gasteiger partial charge < -0.3 is 4.74 Å². The highest BCUT2D eigenvalue weighted by Gasteiger charge is 2.12. The Morgan fingerprint density at radius 1 is 0.947 bits per heavy atom. The Labute approximate surface area is 120 Å². The fourth-order valence-corrected chi connectivity index (χ4v) is 1.81. The van der Waals surface area contributed by atoms with Gasteiger partial charge in [-0.1, -0.05) is 29.3 Å². The Morgan fingerprint density at radius 2 is 1.58 bits per heavy atom. The molecule has 0 fully saturated rings. The summed E-state index contributed by atoms with van der Waals surface area (Å²) in [6.45, 7) is 0. The molecule has 0 unspecified atom stereocenters. The number of nitriles is 2. The number of hydrogen-bond acceptors (Lipinski definition) is 3. The summed E-state index contributed by atoms with van der Waals surface area (Å²) < 4.78 is 5.57. The average molecular weight is 289 g/mol. The van der Waals surface area contributed by atoms with Gasteiger partial charge in [0, 0.05) is 11.1 Å². The first-order valence-electron chi connectivity index (χ1n) is 5.22. The molecular formula is C14H6Cl2N2O. The van der Waals surface area contributed by atoms with Crippen LogP contribution in [0.25, 0.3) is 0 Å². The van der Waals surface area contributed by atoms with Crippen LogP contribution in [0.2, 0.25) is 10.0 Å². The summed E-state index contributed by atoms with van der Waals surface area (Å²) in [5.74, 6) is 0.477. The number of ether oxygens (including phenoxy) is 1. The molecule has 0 N–H and O–H groups in total. The lowest BCUT2D eigenvalue weighted by Crippen LogP contribution is -1.92. The minimum Gasteiger partial charge on any atom is -0.453 e. The maximum absolute atomic E-state index is 9.04. The molecule has 0 bridgehead atoms. The largest absolute Gasteiger partial charge is 0.453 e. The predicted molar refractivity (Wildman–Crippen MR) is 72.4 cm³/mol. The summed E-state index contributed by atoms with van der Waals surface area (Å²) in [4.78, 5) is 0. The van der Waals surface area contributed by atoms with Crippen molar-refractivity contribution in [2.75, 3.05) is 0 Å². The lowest BCUT2D eigenvalue weighted by molar-refractivity contribution is 0.480. The molecule has 0 amide bonds. The standard InChI is InChI=1S/C14H6Cl2N2O/c15-11-4-5-12(16)13(6-11)19-14-9(7-17)2-1-3-10(14)8-18/h1-6H. The molecule has 0 atom stereocenters. The third-order valence-electron chi connectivity index (χ3n) is 2.36. The van der Waals surface area contributed by atoms with Crippen LogP contribution in [0, 0.1) is 22.7 Å². The molecule has 0 aliphatic rings. The second-order valence-electron chi connectivity index (χ2n) is 3.58. The van der Waals surface area contributed by atoms with Crippen molar-refractivity contribution in [3.63, 3.8) is 0 Å². The van der Waals surface area contributed by atoms with Gasteiger partial charge in [-0.15, -0.1) is 0 Å². The molecule has 5 heteroatoms. The van der Waals surface area contributed by atoms with Gasteiger partial charge in [0.2, 0.25) is 0 Å². The topological polar surface area (TPSA) is 56.8 Å². The first-order chi connectivity index (χ1) is 9.15. The van der Waals surface area contributed by atoms with Crippen LogP contribution < -0.4 is 4.74 Å². The van der Waals surface area contributed by atoms with Crippen molar-refractivity contribution in [2.45, 2.75) is 0 Å².